The number of ether oxygens (including phenoxy) is 3. The maximum Gasteiger partial charge on any atom is 0.124 e. The average molecular weight is 295 g/mol. The maximum absolute atomic E-state index is 6.00. The topological polar surface area (TPSA) is 39.7 Å². The molecule has 0 saturated heterocycles. The second kappa shape index (κ2) is 9.03. The van der Waals surface area contributed by atoms with Gasteiger partial charge in [0.15, 0.2) is 0 Å². The largest absolute Gasteiger partial charge is 0.496 e. The second-order valence-corrected chi connectivity index (χ2v) is 5.87. The Balaban J connectivity index is 2.63. The number of para-hydroxylation sites is 1. The minimum atomic E-state index is -0.134. The molecule has 0 aliphatic carbocycles. The molecule has 0 saturated carbocycles. The maximum atomic E-state index is 6.00. The third kappa shape index (κ3) is 6.93. The Morgan fingerprint density at radius 3 is 2.48 bits per heavy atom. The molecule has 0 spiro atoms. The van der Waals surface area contributed by atoms with Crippen LogP contribution in [0.4, 0.5) is 0 Å². The highest BCUT2D eigenvalue weighted by atomic mass is 16.5. The summed E-state index contributed by atoms with van der Waals surface area (Å²) >= 11 is 0. The first kappa shape index (κ1) is 18.0. The van der Waals surface area contributed by atoms with Crippen molar-refractivity contribution in [2.45, 2.75) is 39.4 Å². The van der Waals surface area contributed by atoms with E-state index in [4.69, 9.17) is 14.2 Å². The number of hydrogen-bond acceptors (Lipinski definition) is 4. The summed E-state index contributed by atoms with van der Waals surface area (Å²) in [4.78, 5) is 0. The fourth-order valence-corrected chi connectivity index (χ4v) is 2.00. The van der Waals surface area contributed by atoms with Crippen LogP contribution < -0.4 is 10.1 Å². The molecule has 21 heavy (non-hydrogen) atoms. The normalized spacial score (nSPS) is 13.2. The molecule has 0 radical (unpaired) electrons. The van der Waals surface area contributed by atoms with Crippen LogP contribution in [0.5, 0.6) is 5.75 Å². The highest BCUT2D eigenvalue weighted by molar-refractivity contribution is 5.35. The second-order valence-electron chi connectivity index (χ2n) is 5.87. The van der Waals surface area contributed by atoms with Crippen LogP contribution in [0.2, 0.25) is 0 Å². The van der Waals surface area contributed by atoms with Crippen LogP contribution in [0.1, 0.15) is 39.4 Å². The summed E-state index contributed by atoms with van der Waals surface area (Å²) in [5, 5.41) is 3.33. The van der Waals surface area contributed by atoms with Crippen LogP contribution in [0.15, 0.2) is 24.3 Å². The van der Waals surface area contributed by atoms with Gasteiger partial charge in [0.2, 0.25) is 0 Å². The zero-order valence-corrected chi connectivity index (χ0v) is 13.9. The lowest BCUT2D eigenvalue weighted by Crippen LogP contribution is -2.26. The van der Waals surface area contributed by atoms with E-state index >= 15 is 0 Å². The molecule has 0 aliphatic rings. The van der Waals surface area contributed by atoms with E-state index < -0.39 is 0 Å². The Morgan fingerprint density at radius 2 is 1.86 bits per heavy atom. The molecule has 120 valence electrons. The fourth-order valence-electron chi connectivity index (χ4n) is 2.00. The van der Waals surface area contributed by atoms with E-state index in [0.29, 0.717) is 13.2 Å². The predicted octanol–water partition coefficient (Wildman–Crippen LogP) is 3.18. The minimum Gasteiger partial charge on any atom is -0.496 e. The molecular weight excluding hydrogens is 266 g/mol. The first-order valence-corrected chi connectivity index (χ1v) is 7.57. The van der Waals surface area contributed by atoms with Crippen molar-refractivity contribution in [3.8, 4) is 5.75 Å². The van der Waals surface area contributed by atoms with Gasteiger partial charge >= 0.3 is 0 Å². The number of methoxy groups -OCH3 is 1. The summed E-state index contributed by atoms with van der Waals surface area (Å²) in [5.74, 6) is 0.858. The minimum absolute atomic E-state index is 0.0373. The van der Waals surface area contributed by atoms with Crippen molar-refractivity contribution in [3.63, 3.8) is 0 Å². The molecule has 0 heterocycles. The summed E-state index contributed by atoms with van der Waals surface area (Å²) in [6, 6.07) is 7.98. The molecule has 1 unspecified atom stereocenters. The highest BCUT2D eigenvalue weighted by Crippen LogP contribution is 2.27. The zero-order valence-electron chi connectivity index (χ0n) is 13.9. The number of likely N-dealkylation sites (N-methyl/N-ethyl adjacent to an activating group) is 1. The standard InChI is InChI=1S/C17H29NO3/c1-6-18-13-16(20-11-12-21-17(2,3)4)14-9-7-8-10-15(14)19-5/h7-10,16,18H,6,11-13H2,1-5H3. The Kier molecular flexibility index (Phi) is 7.72. The van der Waals surface area contributed by atoms with Crippen LogP contribution in [0.3, 0.4) is 0 Å². The van der Waals surface area contributed by atoms with Crippen LogP contribution in [0, 0.1) is 0 Å². The molecule has 0 amide bonds. The number of benzene rings is 1. The lowest BCUT2D eigenvalue weighted by molar-refractivity contribution is -0.0521. The molecule has 0 fully saturated rings. The number of rotatable bonds is 9. The molecule has 1 N–H and O–H groups in total. The van der Waals surface area contributed by atoms with Crippen molar-refractivity contribution >= 4 is 0 Å². The Labute approximate surface area is 128 Å². The zero-order chi connectivity index (χ0) is 15.7. The van der Waals surface area contributed by atoms with E-state index in [-0.39, 0.29) is 11.7 Å². The van der Waals surface area contributed by atoms with E-state index in [1.807, 2.05) is 45.0 Å². The van der Waals surface area contributed by atoms with Gasteiger partial charge in [-0.15, -0.1) is 0 Å². The van der Waals surface area contributed by atoms with Crippen molar-refractivity contribution in [2.75, 3.05) is 33.4 Å². The summed E-state index contributed by atoms with van der Waals surface area (Å²) in [6.07, 6.45) is -0.0373. The summed E-state index contributed by atoms with van der Waals surface area (Å²) in [7, 11) is 1.69. The van der Waals surface area contributed by atoms with Gasteiger partial charge in [-0.1, -0.05) is 25.1 Å². The van der Waals surface area contributed by atoms with Gasteiger partial charge in [-0.05, 0) is 33.4 Å². The van der Waals surface area contributed by atoms with Crippen LogP contribution >= 0.6 is 0 Å². The van der Waals surface area contributed by atoms with Crippen molar-refractivity contribution in [3.05, 3.63) is 29.8 Å². The molecule has 4 nitrogen and oxygen atoms in total. The van der Waals surface area contributed by atoms with E-state index in [2.05, 4.69) is 12.2 Å². The molecule has 0 aliphatic heterocycles. The van der Waals surface area contributed by atoms with Crippen LogP contribution in [-0.2, 0) is 9.47 Å². The quantitative estimate of drug-likeness (QED) is 0.710. The van der Waals surface area contributed by atoms with Crippen LogP contribution in [-0.4, -0.2) is 39.0 Å². The van der Waals surface area contributed by atoms with E-state index in [0.717, 1.165) is 24.4 Å². The van der Waals surface area contributed by atoms with Crippen molar-refractivity contribution < 1.29 is 14.2 Å². The first-order valence-electron chi connectivity index (χ1n) is 7.57. The molecular formula is C17H29NO3. The van der Waals surface area contributed by atoms with Gasteiger partial charge in [0.1, 0.15) is 5.75 Å². The molecule has 4 heteroatoms. The SMILES string of the molecule is CCNCC(OCCOC(C)(C)C)c1ccccc1OC. The first-order chi connectivity index (χ1) is 9.98. The fraction of sp³-hybridized carbons (Fsp3) is 0.647. The Morgan fingerprint density at radius 1 is 1.14 bits per heavy atom. The van der Waals surface area contributed by atoms with Gasteiger partial charge in [0, 0.05) is 12.1 Å². The van der Waals surface area contributed by atoms with Crippen molar-refractivity contribution in [1.29, 1.82) is 0 Å². The van der Waals surface area contributed by atoms with E-state index in [9.17, 15) is 0 Å². The van der Waals surface area contributed by atoms with Gasteiger partial charge in [-0.3, -0.25) is 0 Å². The number of hydrogen-bond donors (Lipinski definition) is 1. The van der Waals surface area contributed by atoms with Crippen molar-refractivity contribution in [2.24, 2.45) is 0 Å². The van der Waals surface area contributed by atoms with Gasteiger partial charge in [0.05, 0.1) is 32.0 Å². The molecule has 1 rings (SSSR count). The van der Waals surface area contributed by atoms with Gasteiger partial charge in [-0.25, -0.2) is 0 Å². The average Bonchev–Trinajstić information content (AvgIpc) is 2.45. The lowest BCUT2D eigenvalue weighted by atomic mass is 10.1. The predicted molar refractivity (Wildman–Crippen MR) is 85.9 cm³/mol. The summed E-state index contributed by atoms with van der Waals surface area (Å²) in [5.41, 5.74) is 0.932. The Hall–Kier alpha value is -1.10. The number of nitrogens with one attached hydrogen (secondary N) is 1. The molecule has 1 atom stereocenters. The third-order valence-corrected chi connectivity index (χ3v) is 3.00. The van der Waals surface area contributed by atoms with Gasteiger partial charge in [0.25, 0.3) is 0 Å². The van der Waals surface area contributed by atoms with Gasteiger partial charge in [-0.2, -0.15) is 0 Å². The monoisotopic (exact) mass is 295 g/mol. The molecule has 1 aromatic rings. The van der Waals surface area contributed by atoms with E-state index in [1.54, 1.807) is 7.11 Å². The van der Waals surface area contributed by atoms with Gasteiger partial charge < -0.3 is 19.5 Å². The molecule has 0 bridgehead atoms. The van der Waals surface area contributed by atoms with Crippen molar-refractivity contribution in [1.82, 2.24) is 5.32 Å². The lowest BCUT2D eigenvalue weighted by Gasteiger charge is -2.23. The third-order valence-electron chi connectivity index (χ3n) is 3.00. The van der Waals surface area contributed by atoms with Crippen LogP contribution in [0.25, 0.3) is 0 Å². The molecule has 0 aromatic heterocycles. The van der Waals surface area contributed by atoms with E-state index in [1.165, 1.54) is 0 Å². The summed E-state index contributed by atoms with van der Waals surface area (Å²) in [6.45, 7) is 11.0. The summed E-state index contributed by atoms with van der Waals surface area (Å²) < 4.78 is 17.1. The smallest absolute Gasteiger partial charge is 0.124 e. The highest BCUT2D eigenvalue weighted by Gasteiger charge is 2.17. The Bertz CT molecular complexity index is 401. The molecule has 1 aromatic carbocycles.